The molecule has 0 bridgehead atoms. The lowest BCUT2D eigenvalue weighted by molar-refractivity contribution is 0.0963. The highest BCUT2D eigenvalue weighted by atomic mass is 127. The topological polar surface area (TPSA) is 65.5 Å². The van der Waals surface area contributed by atoms with Gasteiger partial charge in [0.25, 0.3) is 5.91 Å². The summed E-state index contributed by atoms with van der Waals surface area (Å²) >= 11 is 0. The Bertz CT molecular complexity index is 624. The van der Waals surface area contributed by atoms with E-state index in [0.29, 0.717) is 17.5 Å². The number of halogens is 1. The molecule has 152 valence electrons. The molecule has 0 heterocycles. The third-order valence-electron chi connectivity index (χ3n) is 5.24. The van der Waals surface area contributed by atoms with Crippen molar-refractivity contribution in [1.82, 2.24) is 16.0 Å². The van der Waals surface area contributed by atoms with Crippen molar-refractivity contribution in [2.75, 3.05) is 20.6 Å². The Morgan fingerprint density at radius 1 is 1.22 bits per heavy atom. The molecule has 5 nitrogen and oxygen atoms in total. The third kappa shape index (κ3) is 7.31. The zero-order chi connectivity index (χ0) is 19.0. The molecule has 0 aromatic heterocycles. The fourth-order valence-electron chi connectivity index (χ4n) is 4.09. The number of aliphatic imine (C=N–C) groups is 1. The Kier molecular flexibility index (Phi) is 10.1. The summed E-state index contributed by atoms with van der Waals surface area (Å²) < 4.78 is 0. The number of hydrogen-bond donors (Lipinski definition) is 3. The second-order valence-electron chi connectivity index (χ2n) is 7.86. The average Bonchev–Trinajstić information content (AvgIpc) is 3.09. The minimum Gasteiger partial charge on any atom is -0.356 e. The van der Waals surface area contributed by atoms with E-state index in [1.807, 2.05) is 24.3 Å². The summed E-state index contributed by atoms with van der Waals surface area (Å²) in [5, 5.41) is 9.57. The van der Waals surface area contributed by atoms with Crippen LogP contribution in [0.25, 0.3) is 0 Å². The zero-order valence-electron chi connectivity index (χ0n) is 17.1. The molecule has 1 amide bonds. The van der Waals surface area contributed by atoms with Crippen LogP contribution in [-0.2, 0) is 6.54 Å². The van der Waals surface area contributed by atoms with E-state index in [4.69, 9.17) is 0 Å². The van der Waals surface area contributed by atoms with Crippen LogP contribution in [0.4, 0.5) is 0 Å². The van der Waals surface area contributed by atoms with Crippen LogP contribution in [0, 0.1) is 11.3 Å². The normalized spacial score (nSPS) is 16.0. The van der Waals surface area contributed by atoms with Gasteiger partial charge in [-0.05, 0) is 48.3 Å². The summed E-state index contributed by atoms with van der Waals surface area (Å²) in [6, 6.07) is 7.67. The average molecular weight is 486 g/mol. The number of nitrogens with zero attached hydrogens (tertiary/aromatic N) is 1. The first kappa shape index (κ1) is 23.7. The van der Waals surface area contributed by atoms with Gasteiger partial charge in [0.05, 0.1) is 0 Å². The number of rotatable bonds is 7. The standard InChI is InChI=1S/C21H34N4O.HI/c1-16(2)13-21(10-5-6-11-21)15-25-20(23-4)24-14-17-8-7-9-18(12-17)19(26)22-3;/h7-9,12,16H,5-6,10-11,13-15H2,1-4H3,(H,22,26)(H2,23,24,25);1H. The van der Waals surface area contributed by atoms with E-state index in [9.17, 15) is 4.79 Å². The Hall–Kier alpha value is -1.31. The maximum atomic E-state index is 11.8. The van der Waals surface area contributed by atoms with Gasteiger partial charge in [-0.15, -0.1) is 24.0 Å². The molecule has 6 heteroatoms. The predicted octanol–water partition coefficient (Wildman–Crippen LogP) is 3.94. The first-order chi connectivity index (χ1) is 12.5. The Morgan fingerprint density at radius 2 is 1.93 bits per heavy atom. The lowest BCUT2D eigenvalue weighted by atomic mass is 9.78. The molecule has 0 radical (unpaired) electrons. The molecule has 1 aromatic rings. The maximum absolute atomic E-state index is 11.8. The second kappa shape index (κ2) is 11.5. The van der Waals surface area contributed by atoms with E-state index >= 15 is 0 Å². The van der Waals surface area contributed by atoms with Gasteiger partial charge in [0.2, 0.25) is 0 Å². The molecule has 1 fully saturated rings. The lowest BCUT2D eigenvalue weighted by Crippen LogP contribution is -2.43. The van der Waals surface area contributed by atoms with Crippen molar-refractivity contribution in [2.45, 2.75) is 52.5 Å². The zero-order valence-corrected chi connectivity index (χ0v) is 19.4. The van der Waals surface area contributed by atoms with Crippen molar-refractivity contribution in [3.05, 3.63) is 35.4 Å². The van der Waals surface area contributed by atoms with E-state index in [2.05, 4.69) is 34.8 Å². The van der Waals surface area contributed by atoms with Gasteiger partial charge in [-0.25, -0.2) is 0 Å². The molecule has 0 aliphatic heterocycles. The van der Waals surface area contributed by atoms with Crippen molar-refractivity contribution in [2.24, 2.45) is 16.3 Å². The van der Waals surface area contributed by atoms with Crippen LogP contribution in [0.15, 0.2) is 29.3 Å². The number of carbonyl (C=O) groups is 1. The van der Waals surface area contributed by atoms with Crippen molar-refractivity contribution in [3.8, 4) is 0 Å². The lowest BCUT2D eigenvalue weighted by Gasteiger charge is -2.32. The van der Waals surface area contributed by atoms with Crippen LogP contribution in [-0.4, -0.2) is 32.5 Å². The van der Waals surface area contributed by atoms with E-state index in [0.717, 1.165) is 24.0 Å². The minimum atomic E-state index is -0.0637. The van der Waals surface area contributed by atoms with Crippen molar-refractivity contribution in [1.29, 1.82) is 0 Å². The molecule has 0 unspecified atom stereocenters. The summed E-state index contributed by atoms with van der Waals surface area (Å²) in [7, 11) is 3.45. The number of benzene rings is 1. The quantitative estimate of drug-likeness (QED) is 0.311. The smallest absolute Gasteiger partial charge is 0.251 e. The largest absolute Gasteiger partial charge is 0.356 e. The predicted molar refractivity (Wildman–Crippen MR) is 124 cm³/mol. The fraction of sp³-hybridized carbons (Fsp3) is 0.619. The van der Waals surface area contributed by atoms with E-state index in [-0.39, 0.29) is 29.9 Å². The van der Waals surface area contributed by atoms with Crippen molar-refractivity contribution in [3.63, 3.8) is 0 Å². The van der Waals surface area contributed by atoms with Crippen LogP contribution in [0.3, 0.4) is 0 Å². The molecule has 2 rings (SSSR count). The van der Waals surface area contributed by atoms with Crippen LogP contribution >= 0.6 is 24.0 Å². The van der Waals surface area contributed by atoms with Gasteiger partial charge in [-0.2, -0.15) is 0 Å². The Balaban J connectivity index is 0.00000364. The molecule has 1 aromatic carbocycles. The van der Waals surface area contributed by atoms with Gasteiger partial charge in [0.15, 0.2) is 5.96 Å². The summed E-state index contributed by atoms with van der Waals surface area (Å²) in [4.78, 5) is 16.1. The Labute approximate surface area is 181 Å². The van der Waals surface area contributed by atoms with Crippen LogP contribution in [0.1, 0.15) is 61.9 Å². The van der Waals surface area contributed by atoms with Gasteiger partial charge in [-0.1, -0.05) is 38.8 Å². The molecular weight excluding hydrogens is 451 g/mol. The highest BCUT2D eigenvalue weighted by molar-refractivity contribution is 14.0. The van der Waals surface area contributed by atoms with Crippen molar-refractivity contribution < 1.29 is 4.79 Å². The number of hydrogen-bond acceptors (Lipinski definition) is 2. The van der Waals surface area contributed by atoms with Gasteiger partial charge in [-0.3, -0.25) is 9.79 Å². The number of nitrogens with one attached hydrogen (secondary N) is 3. The summed E-state index contributed by atoms with van der Waals surface area (Å²) in [6.07, 6.45) is 6.57. The molecule has 0 saturated heterocycles. The first-order valence-corrected chi connectivity index (χ1v) is 9.73. The van der Waals surface area contributed by atoms with Gasteiger partial charge < -0.3 is 16.0 Å². The second-order valence-corrected chi connectivity index (χ2v) is 7.86. The van der Waals surface area contributed by atoms with Gasteiger partial charge in [0, 0.05) is 32.7 Å². The van der Waals surface area contributed by atoms with Crippen LogP contribution in [0.2, 0.25) is 0 Å². The van der Waals surface area contributed by atoms with E-state index < -0.39 is 0 Å². The molecular formula is C21H35IN4O. The fourth-order valence-corrected chi connectivity index (χ4v) is 4.09. The van der Waals surface area contributed by atoms with Crippen LogP contribution in [0.5, 0.6) is 0 Å². The van der Waals surface area contributed by atoms with Crippen molar-refractivity contribution >= 4 is 35.8 Å². The SMILES string of the molecule is CN=C(NCc1cccc(C(=O)NC)c1)NCC1(CC(C)C)CCCC1.I. The number of amides is 1. The van der Waals surface area contributed by atoms with Crippen LogP contribution < -0.4 is 16.0 Å². The molecule has 0 spiro atoms. The van der Waals surface area contributed by atoms with Gasteiger partial charge in [0.1, 0.15) is 0 Å². The summed E-state index contributed by atoms with van der Waals surface area (Å²) in [5.41, 5.74) is 2.15. The minimum absolute atomic E-state index is 0. The maximum Gasteiger partial charge on any atom is 0.251 e. The Morgan fingerprint density at radius 3 is 2.52 bits per heavy atom. The van der Waals surface area contributed by atoms with E-state index in [1.165, 1.54) is 32.1 Å². The monoisotopic (exact) mass is 486 g/mol. The highest BCUT2D eigenvalue weighted by Crippen LogP contribution is 2.42. The summed E-state index contributed by atoms with van der Waals surface area (Å²) in [6.45, 7) is 6.24. The number of carbonyl (C=O) groups excluding carboxylic acids is 1. The molecule has 27 heavy (non-hydrogen) atoms. The summed E-state index contributed by atoms with van der Waals surface area (Å²) in [5.74, 6) is 1.48. The number of guanidine groups is 1. The molecule has 0 atom stereocenters. The van der Waals surface area contributed by atoms with E-state index in [1.54, 1.807) is 14.1 Å². The van der Waals surface area contributed by atoms with Gasteiger partial charge >= 0.3 is 0 Å². The molecule has 3 N–H and O–H groups in total. The third-order valence-corrected chi connectivity index (χ3v) is 5.24. The molecule has 1 aliphatic rings. The molecule has 1 saturated carbocycles. The highest BCUT2D eigenvalue weighted by Gasteiger charge is 2.34. The molecule has 1 aliphatic carbocycles. The first-order valence-electron chi connectivity index (χ1n) is 9.73.